The summed E-state index contributed by atoms with van der Waals surface area (Å²) in [4.78, 5) is 9.98. The minimum absolute atomic E-state index is 0.0974. The Hall–Kier alpha value is -1.96. The zero-order chi connectivity index (χ0) is 12.6. The highest BCUT2D eigenvalue weighted by Crippen LogP contribution is 2.40. The number of nitrogens with zero attached hydrogens (tertiary/aromatic N) is 1. The molecular weight excluding hydrogens is 238 g/mol. The second-order valence-electron chi connectivity index (χ2n) is 3.38. The predicted octanol–water partition coefficient (Wildman–Crippen LogP) is 1.59. The molecule has 6 nitrogen and oxygen atoms in total. The van der Waals surface area contributed by atoms with Gasteiger partial charge in [0, 0.05) is 0 Å². The van der Waals surface area contributed by atoms with Crippen molar-refractivity contribution in [1.82, 2.24) is 0 Å². The summed E-state index contributed by atoms with van der Waals surface area (Å²) >= 11 is 0. The fourth-order valence-corrected chi connectivity index (χ4v) is 1.51. The fraction of sp³-hybridized carbons (Fsp3) is 0.333. The predicted molar refractivity (Wildman–Crippen MR) is 52.2 cm³/mol. The first kappa shape index (κ1) is 11.5. The quantitative estimate of drug-likeness (QED) is 0.646. The number of rotatable bonds is 3. The van der Waals surface area contributed by atoms with E-state index in [4.69, 9.17) is 15.2 Å². The lowest BCUT2D eigenvalue weighted by molar-refractivity contribution is -0.385. The molecule has 0 saturated heterocycles. The zero-order valence-electron chi connectivity index (χ0n) is 8.43. The smallest absolute Gasteiger partial charge is 0.278 e. The van der Waals surface area contributed by atoms with Crippen molar-refractivity contribution in [3.05, 3.63) is 27.8 Å². The van der Waals surface area contributed by atoms with Crippen molar-refractivity contribution in [2.75, 3.05) is 6.79 Å². The molecule has 1 heterocycles. The van der Waals surface area contributed by atoms with Crippen molar-refractivity contribution in [3.63, 3.8) is 0 Å². The largest absolute Gasteiger partial charge is 0.454 e. The van der Waals surface area contributed by atoms with Crippen molar-refractivity contribution in [2.45, 2.75) is 12.5 Å². The van der Waals surface area contributed by atoms with E-state index in [9.17, 15) is 18.9 Å². The van der Waals surface area contributed by atoms with Crippen LogP contribution in [0.1, 0.15) is 11.6 Å². The van der Waals surface area contributed by atoms with E-state index in [0.29, 0.717) is 0 Å². The van der Waals surface area contributed by atoms with E-state index in [1.165, 1.54) is 0 Å². The maximum Gasteiger partial charge on any atom is 0.278 e. The molecule has 0 bridgehead atoms. The van der Waals surface area contributed by atoms with Gasteiger partial charge < -0.3 is 15.2 Å². The summed E-state index contributed by atoms with van der Waals surface area (Å²) in [5.41, 5.74) is 4.45. The van der Waals surface area contributed by atoms with Crippen LogP contribution in [0.4, 0.5) is 14.5 Å². The van der Waals surface area contributed by atoms with Gasteiger partial charge in [-0.2, -0.15) is 0 Å². The van der Waals surface area contributed by atoms with Crippen LogP contribution in [0, 0.1) is 10.1 Å². The lowest BCUT2D eigenvalue weighted by Crippen LogP contribution is -2.20. The van der Waals surface area contributed by atoms with Gasteiger partial charge in [0.25, 0.3) is 12.1 Å². The molecule has 1 aliphatic rings. The second kappa shape index (κ2) is 4.13. The van der Waals surface area contributed by atoms with Crippen molar-refractivity contribution in [3.8, 4) is 11.5 Å². The van der Waals surface area contributed by atoms with Gasteiger partial charge in [-0.15, -0.1) is 0 Å². The van der Waals surface area contributed by atoms with Crippen molar-refractivity contribution >= 4 is 5.69 Å². The summed E-state index contributed by atoms with van der Waals surface area (Å²) in [5.74, 6) is 0.337. The minimum atomic E-state index is -2.89. The molecule has 2 N–H and O–H groups in total. The van der Waals surface area contributed by atoms with E-state index in [-0.39, 0.29) is 23.9 Å². The van der Waals surface area contributed by atoms with Gasteiger partial charge in [0.1, 0.15) is 0 Å². The number of nitro groups is 1. The van der Waals surface area contributed by atoms with Gasteiger partial charge in [0.05, 0.1) is 22.6 Å². The maximum atomic E-state index is 12.5. The van der Waals surface area contributed by atoms with E-state index in [2.05, 4.69) is 0 Å². The molecule has 0 amide bonds. The lowest BCUT2D eigenvalue weighted by Gasteiger charge is -2.11. The van der Waals surface area contributed by atoms with E-state index >= 15 is 0 Å². The molecule has 0 aliphatic carbocycles. The molecule has 0 aromatic heterocycles. The summed E-state index contributed by atoms with van der Waals surface area (Å²) in [5, 5.41) is 10.8. The highest BCUT2D eigenvalue weighted by molar-refractivity contribution is 5.56. The van der Waals surface area contributed by atoms with Crippen LogP contribution < -0.4 is 15.2 Å². The molecule has 1 aromatic rings. The number of benzene rings is 1. The highest BCUT2D eigenvalue weighted by atomic mass is 19.3. The van der Waals surface area contributed by atoms with Gasteiger partial charge in [0.2, 0.25) is 6.79 Å². The number of nitro benzene ring substituents is 1. The van der Waals surface area contributed by atoms with Gasteiger partial charge in [-0.05, 0) is 6.07 Å². The molecule has 1 aliphatic heterocycles. The first-order valence-electron chi connectivity index (χ1n) is 4.62. The highest BCUT2D eigenvalue weighted by Gasteiger charge is 2.30. The van der Waals surface area contributed by atoms with Crippen LogP contribution >= 0.6 is 0 Å². The Bertz CT molecular complexity index is 467. The summed E-state index contributed by atoms with van der Waals surface area (Å²) in [6, 6.07) is 0.432. The van der Waals surface area contributed by atoms with Crippen molar-refractivity contribution in [2.24, 2.45) is 5.73 Å². The number of fused-ring (bicyclic) bond motifs is 1. The lowest BCUT2D eigenvalue weighted by atomic mass is 10.0. The Kier molecular flexibility index (Phi) is 2.80. The van der Waals surface area contributed by atoms with Crippen LogP contribution in [-0.2, 0) is 0 Å². The van der Waals surface area contributed by atoms with E-state index in [1.54, 1.807) is 0 Å². The molecule has 2 rings (SSSR count). The summed E-state index contributed by atoms with van der Waals surface area (Å²) in [6.45, 7) is -0.0974. The topological polar surface area (TPSA) is 87.6 Å². The number of hydrogen-bond acceptors (Lipinski definition) is 5. The van der Waals surface area contributed by atoms with Crippen LogP contribution in [0.3, 0.4) is 0 Å². The molecule has 0 spiro atoms. The van der Waals surface area contributed by atoms with Crippen LogP contribution in [-0.4, -0.2) is 18.1 Å². The Morgan fingerprint density at radius 1 is 1.35 bits per heavy atom. The first-order chi connectivity index (χ1) is 8.00. The van der Waals surface area contributed by atoms with Crippen LogP contribution in [0.25, 0.3) is 0 Å². The number of alkyl halides is 2. The molecule has 0 saturated carbocycles. The second-order valence-corrected chi connectivity index (χ2v) is 3.38. The Morgan fingerprint density at radius 3 is 2.47 bits per heavy atom. The van der Waals surface area contributed by atoms with Crippen molar-refractivity contribution < 1.29 is 23.2 Å². The number of hydrogen-bond donors (Lipinski definition) is 1. The average Bonchev–Trinajstić information content (AvgIpc) is 2.72. The number of halogens is 2. The van der Waals surface area contributed by atoms with Crippen LogP contribution in [0.2, 0.25) is 0 Å². The molecule has 1 aromatic carbocycles. The third kappa shape index (κ3) is 1.98. The molecule has 0 fully saturated rings. The fourth-order valence-electron chi connectivity index (χ4n) is 1.51. The molecule has 0 unspecified atom stereocenters. The number of nitrogens with two attached hydrogens (primary N) is 1. The van der Waals surface area contributed by atoms with E-state index in [1.807, 2.05) is 0 Å². The van der Waals surface area contributed by atoms with E-state index < -0.39 is 23.1 Å². The summed E-state index contributed by atoms with van der Waals surface area (Å²) < 4.78 is 34.9. The monoisotopic (exact) mass is 246 g/mol. The SMILES string of the molecule is N[C@H](c1cc2c(cc1[N+](=O)[O-])OCO2)C(F)F. The third-order valence-electron chi connectivity index (χ3n) is 2.35. The molecule has 1 atom stereocenters. The average molecular weight is 246 g/mol. The van der Waals surface area contributed by atoms with Gasteiger partial charge in [-0.25, -0.2) is 8.78 Å². The van der Waals surface area contributed by atoms with Gasteiger partial charge in [-0.1, -0.05) is 0 Å². The Labute approximate surface area is 94.1 Å². The number of ether oxygens (including phenoxy) is 2. The first-order valence-corrected chi connectivity index (χ1v) is 4.62. The maximum absolute atomic E-state index is 12.5. The normalized spacial score (nSPS) is 15.1. The minimum Gasteiger partial charge on any atom is -0.454 e. The van der Waals surface area contributed by atoms with Gasteiger partial charge >= 0.3 is 0 Å². The zero-order valence-corrected chi connectivity index (χ0v) is 8.43. The van der Waals surface area contributed by atoms with Crippen LogP contribution in [0.15, 0.2) is 12.1 Å². The molecular formula is C9H8F2N2O4. The summed E-state index contributed by atoms with van der Waals surface area (Å²) in [7, 11) is 0. The van der Waals surface area contributed by atoms with Gasteiger partial charge in [-0.3, -0.25) is 10.1 Å². The third-order valence-corrected chi connectivity index (χ3v) is 2.35. The molecule has 0 radical (unpaired) electrons. The van der Waals surface area contributed by atoms with Crippen molar-refractivity contribution in [1.29, 1.82) is 0 Å². The summed E-state index contributed by atoms with van der Waals surface area (Å²) in [6.07, 6.45) is -2.89. The molecule has 8 heteroatoms. The van der Waals surface area contributed by atoms with Gasteiger partial charge in [0.15, 0.2) is 11.5 Å². The molecule has 17 heavy (non-hydrogen) atoms. The van der Waals surface area contributed by atoms with Crippen LogP contribution in [0.5, 0.6) is 11.5 Å². The Balaban J connectivity index is 2.52. The van der Waals surface area contributed by atoms with E-state index in [0.717, 1.165) is 12.1 Å². The molecule has 92 valence electrons. The standard InChI is InChI=1S/C9H8F2N2O4/c10-9(11)8(12)4-1-6-7(17-3-16-6)2-5(4)13(14)15/h1-2,8-9H,3,12H2/t8-/m1/s1. The Morgan fingerprint density at radius 2 is 1.94 bits per heavy atom.